The van der Waals surface area contributed by atoms with Gasteiger partial charge in [0.25, 0.3) is 0 Å². The molecule has 0 saturated heterocycles. The summed E-state index contributed by atoms with van der Waals surface area (Å²) in [6, 6.07) is 11.6. The van der Waals surface area contributed by atoms with E-state index in [1.54, 1.807) is 42.1 Å². The van der Waals surface area contributed by atoms with E-state index in [-0.39, 0.29) is 5.82 Å². The second kappa shape index (κ2) is 10.7. The van der Waals surface area contributed by atoms with Gasteiger partial charge in [-0.3, -0.25) is 0 Å². The van der Waals surface area contributed by atoms with E-state index in [1.807, 2.05) is 10.6 Å². The van der Waals surface area contributed by atoms with Crippen molar-refractivity contribution in [3.8, 4) is 5.75 Å². The molecule has 0 saturated carbocycles. The number of hydrogen-bond acceptors (Lipinski definition) is 4. The highest BCUT2D eigenvalue weighted by Gasteiger charge is 2.12. The van der Waals surface area contributed by atoms with E-state index < -0.39 is 0 Å². The molecule has 0 unspecified atom stereocenters. The van der Waals surface area contributed by atoms with Gasteiger partial charge in [-0.15, -0.1) is 16.8 Å². The van der Waals surface area contributed by atoms with Crippen LogP contribution in [0.15, 0.2) is 60.3 Å². The van der Waals surface area contributed by atoms with Crippen LogP contribution in [0, 0.1) is 5.82 Å². The molecule has 0 aliphatic heterocycles. The maximum absolute atomic E-state index is 13.0. The second-order valence-corrected chi connectivity index (χ2v) is 8.03. The highest BCUT2D eigenvalue weighted by molar-refractivity contribution is 7.98. The number of halogens is 3. The monoisotopic (exact) mass is 451 g/mol. The third-order valence-corrected chi connectivity index (χ3v) is 5.65. The summed E-state index contributed by atoms with van der Waals surface area (Å²) in [6.45, 7) is 4.94. The van der Waals surface area contributed by atoms with Gasteiger partial charge < -0.3 is 9.30 Å². The second-order valence-electron chi connectivity index (χ2n) is 6.24. The van der Waals surface area contributed by atoms with Crippen molar-refractivity contribution in [3.05, 3.63) is 82.4 Å². The average Bonchev–Trinajstić information content (AvgIpc) is 3.08. The molecular formula is C21H20Cl2FN3OS. The largest absolute Gasteiger partial charge is 0.492 e. The van der Waals surface area contributed by atoms with Crippen LogP contribution in [-0.4, -0.2) is 21.4 Å². The molecule has 0 atom stereocenters. The maximum Gasteiger partial charge on any atom is 0.191 e. The Bertz CT molecular complexity index is 963. The summed E-state index contributed by atoms with van der Waals surface area (Å²) < 4.78 is 20.8. The molecule has 8 heteroatoms. The van der Waals surface area contributed by atoms with Crippen molar-refractivity contribution in [2.24, 2.45) is 0 Å². The number of benzene rings is 2. The van der Waals surface area contributed by atoms with E-state index >= 15 is 0 Å². The smallest absolute Gasteiger partial charge is 0.191 e. The minimum atomic E-state index is -0.238. The van der Waals surface area contributed by atoms with E-state index in [9.17, 15) is 4.39 Å². The fourth-order valence-electron chi connectivity index (χ4n) is 2.66. The maximum atomic E-state index is 13.0. The highest BCUT2D eigenvalue weighted by Crippen LogP contribution is 2.28. The number of allylic oxidation sites excluding steroid dienone is 1. The minimum Gasteiger partial charge on any atom is -0.492 e. The van der Waals surface area contributed by atoms with Crippen molar-refractivity contribution in [1.82, 2.24) is 14.8 Å². The molecule has 0 aliphatic carbocycles. The van der Waals surface area contributed by atoms with Gasteiger partial charge in [0.1, 0.15) is 17.4 Å². The minimum absolute atomic E-state index is 0.238. The van der Waals surface area contributed by atoms with Gasteiger partial charge in [-0.25, -0.2) is 4.39 Å². The predicted octanol–water partition coefficient (Wildman–Crippen LogP) is 6.21. The van der Waals surface area contributed by atoms with Gasteiger partial charge >= 0.3 is 0 Å². The standard InChI is InChI=1S/C21H20Cl2FN3OS/c1-2-11-27-20(4-3-12-28-19-10-7-16(22)13-18(19)23)25-26-21(27)29-14-15-5-8-17(24)9-6-15/h2,5-10,13H,1,3-4,11-12,14H2. The van der Waals surface area contributed by atoms with Crippen LogP contribution in [0.25, 0.3) is 0 Å². The third kappa shape index (κ3) is 6.23. The van der Waals surface area contributed by atoms with Crippen molar-refractivity contribution in [2.75, 3.05) is 6.61 Å². The topological polar surface area (TPSA) is 39.9 Å². The van der Waals surface area contributed by atoms with Crippen LogP contribution in [-0.2, 0) is 18.7 Å². The Morgan fingerprint density at radius 1 is 1.14 bits per heavy atom. The van der Waals surface area contributed by atoms with Gasteiger partial charge in [0.05, 0.1) is 11.6 Å². The molecule has 0 aliphatic rings. The first-order valence-corrected chi connectivity index (χ1v) is 10.8. The van der Waals surface area contributed by atoms with E-state index in [0.29, 0.717) is 41.1 Å². The Hall–Kier alpha value is -2.02. The summed E-state index contributed by atoms with van der Waals surface area (Å²) in [6.07, 6.45) is 3.29. The van der Waals surface area contributed by atoms with Crippen molar-refractivity contribution in [3.63, 3.8) is 0 Å². The SMILES string of the molecule is C=CCn1c(CCCOc2ccc(Cl)cc2Cl)nnc1SCc1ccc(F)cc1. The molecule has 0 bridgehead atoms. The quantitative estimate of drug-likeness (QED) is 0.208. The highest BCUT2D eigenvalue weighted by atomic mass is 35.5. The lowest BCUT2D eigenvalue weighted by Gasteiger charge is -2.09. The molecule has 3 aromatic rings. The van der Waals surface area contributed by atoms with Gasteiger partial charge in [0.15, 0.2) is 5.16 Å². The van der Waals surface area contributed by atoms with Crippen LogP contribution < -0.4 is 4.74 Å². The van der Waals surface area contributed by atoms with E-state index in [4.69, 9.17) is 27.9 Å². The molecule has 2 aromatic carbocycles. The molecule has 4 nitrogen and oxygen atoms in total. The summed E-state index contributed by atoms with van der Waals surface area (Å²) in [4.78, 5) is 0. The number of aromatic nitrogens is 3. The van der Waals surface area contributed by atoms with E-state index in [0.717, 1.165) is 23.0 Å². The summed E-state index contributed by atoms with van der Waals surface area (Å²) in [7, 11) is 0. The van der Waals surface area contributed by atoms with Crippen LogP contribution in [0.3, 0.4) is 0 Å². The van der Waals surface area contributed by atoms with Crippen molar-refractivity contribution < 1.29 is 9.13 Å². The molecule has 1 heterocycles. The third-order valence-electron chi connectivity index (χ3n) is 4.08. The number of aryl methyl sites for hydroxylation is 1. The van der Waals surface area contributed by atoms with Crippen LogP contribution >= 0.6 is 35.0 Å². The molecular weight excluding hydrogens is 432 g/mol. The molecule has 29 heavy (non-hydrogen) atoms. The van der Waals surface area contributed by atoms with Crippen LogP contribution in [0.2, 0.25) is 10.0 Å². The molecule has 3 rings (SSSR count). The van der Waals surface area contributed by atoms with E-state index in [2.05, 4.69) is 16.8 Å². The molecule has 0 radical (unpaired) electrons. The first-order chi connectivity index (χ1) is 14.1. The van der Waals surface area contributed by atoms with Crippen LogP contribution in [0.5, 0.6) is 5.75 Å². The zero-order valence-corrected chi connectivity index (χ0v) is 18.0. The Morgan fingerprint density at radius 2 is 1.93 bits per heavy atom. The van der Waals surface area contributed by atoms with Gasteiger partial charge in [0.2, 0.25) is 0 Å². The molecule has 0 spiro atoms. The lowest BCUT2D eigenvalue weighted by Crippen LogP contribution is -2.07. The molecule has 152 valence electrons. The summed E-state index contributed by atoms with van der Waals surface area (Å²) >= 11 is 13.6. The zero-order valence-electron chi connectivity index (χ0n) is 15.7. The van der Waals surface area contributed by atoms with Gasteiger partial charge in [-0.2, -0.15) is 0 Å². The number of thioether (sulfide) groups is 1. The molecule has 0 fully saturated rings. The first kappa shape index (κ1) is 21.7. The lowest BCUT2D eigenvalue weighted by molar-refractivity contribution is 0.309. The summed E-state index contributed by atoms with van der Waals surface area (Å²) in [5.74, 6) is 1.93. The fraction of sp³-hybridized carbons (Fsp3) is 0.238. The normalized spacial score (nSPS) is 10.9. The summed E-state index contributed by atoms with van der Waals surface area (Å²) in [5, 5.41) is 10.5. The number of hydrogen-bond donors (Lipinski definition) is 0. The number of ether oxygens (including phenoxy) is 1. The Balaban J connectivity index is 1.56. The number of nitrogens with zero attached hydrogens (tertiary/aromatic N) is 3. The Morgan fingerprint density at radius 3 is 2.66 bits per heavy atom. The van der Waals surface area contributed by atoms with Gasteiger partial charge in [-0.05, 0) is 42.3 Å². The molecule has 0 N–H and O–H groups in total. The predicted molar refractivity (Wildman–Crippen MR) is 116 cm³/mol. The molecule has 0 amide bonds. The Kier molecular flexibility index (Phi) is 7.98. The van der Waals surface area contributed by atoms with Crippen LogP contribution in [0.1, 0.15) is 17.8 Å². The van der Waals surface area contributed by atoms with Gasteiger partial charge in [0, 0.05) is 23.7 Å². The lowest BCUT2D eigenvalue weighted by atomic mass is 10.2. The van der Waals surface area contributed by atoms with Crippen molar-refractivity contribution in [1.29, 1.82) is 0 Å². The fourth-order valence-corrected chi connectivity index (χ4v) is 4.04. The van der Waals surface area contributed by atoms with Gasteiger partial charge in [-0.1, -0.05) is 53.2 Å². The van der Waals surface area contributed by atoms with Crippen molar-refractivity contribution >= 4 is 35.0 Å². The average molecular weight is 452 g/mol. The first-order valence-electron chi connectivity index (χ1n) is 9.05. The zero-order chi connectivity index (χ0) is 20.6. The molecule has 1 aromatic heterocycles. The number of rotatable bonds is 10. The van der Waals surface area contributed by atoms with E-state index in [1.165, 1.54) is 12.1 Å². The Labute approximate surface area is 183 Å². The van der Waals surface area contributed by atoms with Crippen molar-refractivity contribution in [2.45, 2.75) is 30.3 Å². The van der Waals surface area contributed by atoms with Crippen LogP contribution in [0.4, 0.5) is 4.39 Å². The summed E-state index contributed by atoms with van der Waals surface area (Å²) in [5.41, 5.74) is 1.03.